The first-order valence-corrected chi connectivity index (χ1v) is 6.29. The quantitative estimate of drug-likeness (QED) is 0.878. The van der Waals surface area contributed by atoms with Crippen molar-refractivity contribution < 1.29 is 9.53 Å². The highest BCUT2D eigenvalue weighted by Crippen LogP contribution is 2.32. The molecule has 2 N–H and O–H groups in total. The van der Waals surface area contributed by atoms with Crippen LogP contribution in [0.5, 0.6) is 5.75 Å². The summed E-state index contributed by atoms with van der Waals surface area (Å²) in [7, 11) is 1.66. The summed E-state index contributed by atoms with van der Waals surface area (Å²) in [5.41, 5.74) is 6.69. The van der Waals surface area contributed by atoms with Gasteiger partial charge in [0.2, 0.25) is 5.91 Å². The molecule has 2 rings (SSSR count). The molecule has 1 fully saturated rings. The van der Waals surface area contributed by atoms with Crippen molar-refractivity contribution in [1.82, 2.24) is 4.90 Å². The van der Waals surface area contributed by atoms with Gasteiger partial charge in [0.15, 0.2) is 0 Å². The van der Waals surface area contributed by atoms with Crippen LogP contribution in [0.1, 0.15) is 24.8 Å². The minimum atomic E-state index is 0.0403. The molecule has 1 amide bonds. The number of amides is 1. The number of nitrogens with zero attached hydrogens (tertiary/aromatic N) is 1. The summed E-state index contributed by atoms with van der Waals surface area (Å²) in [6.45, 7) is 2.94. The van der Waals surface area contributed by atoms with Crippen LogP contribution in [0, 0.1) is 0 Å². The number of hydrogen-bond donors (Lipinski definition) is 1. The van der Waals surface area contributed by atoms with Crippen molar-refractivity contribution in [2.24, 2.45) is 5.73 Å². The van der Waals surface area contributed by atoms with Gasteiger partial charge in [-0.25, -0.2) is 0 Å². The van der Waals surface area contributed by atoms with E-state index < -0.39 is 0 Å². The number of ether oxygens (including phenoxy) is 1. The first-order chi connectivity index (χ1) is 8.65. The minimum absolute atomic E-state index is 0.0403. The number of carbonyl (C=O) groups is 1. The average Bonchev–Trinajstić information content (AvgIpc) is 2.80. The number of methoxy groups -OCH3 is 1. The standard InChI is InChI=1S/C14H20N2O2/c1-10-7-12(9-16(10)14(17)8-15)11-3-5-13(18-2)6-4-11/h3-6,10,12H,7-9,15H2,1-2H3/t10-,12+/m0/s1. The largest absolute Gasteiger partial charge is 0.497 e. The molecule has 0 saturated carbocycles. The Morgan fingerprint density at radius 1 is 1.44 bits per heavy atom. The van der Waals surface area contributed by atoms with Gasteiger partial charge in [-0.2, -0.15) is 0 Å². The van der Waals surface area contributed by atoms with Gasteiger partial charge in [-0.15, -0.1) is 0 Å². The first-order valence-electron chi connectivity index (χ1n) is 6.29. The number of nitrogens with two attached hydrogens (primary N) is 1. The summed E-state index contributed by atoms with van der Waals surface area (Å²) >= 11 is 0. The Balaban J connectivity index is 2.09. The zero-order valence-corrected chi connectivity index (χ0v) is 10.9. The van der Waals surface area contributed by atoms with Gasteiger partial charge in [0, 0.05) is 18.5 Å². The molecule has 0 aromatic heterocycles. The Kier molecular flexibility index (Phi) is 3.87. The van der Waals surface area contributed by atoms with Crippen molar-refractivity contribution in [2.75, 3.05) is 20.2 Å². The van der Waals surface area contributed by atoms with Crippen LogP contribution < -0.4 is 10.5 Å². The van der Waals surface area contributed by atoms with Crippen LogP contribution in [0.4, 0.5) is 0 Å². The lowest BCUT2D eigenvalue weighted by molar-refractivity contribution is -0.130. The molecular weight excluding hydrogens is 228 g/mol. The molecule has 1 aliphatic rings. The van der Waals surface area contributed by atoms with E-state index in [-0.39, 0.29) is 18.5 Å². The fourth-order valence-corrected chi connectivity index (χ4v) is 2.61. The Labute approximate surface area is 108 Å². The summed E-state index contributed by atoms with van der Waals surface area (Å²) < 4.78 is 5.15. The van der Waals surface area contributed by atoms with Crippen molar-refractivity contribution in [3.63, 3.8) is 0 Å². The van der Waals surface area contributed by atoms with Crippen LogP contribution in [0.25, 0.3) is 0 Å². The second kappa shape index (κ2) is 5.40. The van der Waals surface area contributed by atoms with Crippen molar-refractivity contribution in [2.45, 2.75) is 25.3 Å². The second-order valence-corrected chi connectivity index (χ2v) is 4.81. The van der Waals surface area contributed by atoms with Crippen molar-refractivity contribution in [3.05, 3.63) is 29.8 Å². The normalized spacial score (nSPS) is 23.2. The highest BCUT2D eigenvalue weighted by Gasteiger charge is 2.32. The summed E-state index contributed by atoms with van der Waals surface area (Å²) in [5.74, 6) is 1.31. The number of likely N-dealkylation sites (tertiary alicyclic amines) is 1. The van der Waals surface area contributed by atoms with E-state index in [0.717, 1.165) is 18.7 Å². The van der Waals surface area contributed by atoms with Gasteiger partial charge in [0.1, 0.15) is 5.75 Å². The number of rotatable bonds is 3. The zero-order chi connectivity index (χ0) is 13.1. The van der Waals surface area contributed by atoms with Crippen LogP contribution >= 0.6 is 0 Å². The lowest BCUT2D eigenvalue weighted by Crippen LogP contribution is -2.38. The summed E-state index contributed by atoms with van der Waals surface area (Å²) in [4.78, 5) is 13.6. The smallest absolute Gasteiger partial charge is 0.236 e. The van der Waals surface area contributed by atoms with Gasteiger partial charge in [-0.1, -0.05) is 12.1 Å². The lowest BCUT2D eigenvalue weighted by Gasteiger charge is -2.20. The topological polar surface area (TPSA) is 55.6 Å². The molecule has 4 nitrogen and oxygen atoms in total. The van der Waals surface area contributed by atoms with Crippen LogP contribution in [0.3, 0.4) is 0 Å². The Morgan fingerprint density at radius 2 is 2.11 bits per heavy atom. The molecule has 0 bridgehead atoms. The van der Waals surface area contributed by atoms with Gasteiger partial charge in [-0.05, 0) is 31.0 Å². The molecule has 1 heterocycles. The predicted molar refractivity (Wildman–Crippen MR) is 70.6 cm³/mol. The Bertz CT molecular complexity index is 416. The predicted octanol–water partition coefficient (Wildman–Crippen LogP) is 1.36. The third-order valence-electron chi connectivity index (χ3n) is 3.66. The third-order valence-corrected chi connectivity index (χ3v) is 3.66. The molecule has 1 aromatic rings. The fourth-order valence-electron chi connectivity index (χ4n) is 2.61. The Hall–Kier alpha value is -1.55. The number of benzene rings is 1. The highest BCUT2D eigenvalue weighted by atomic mass is 16.5. The van der Waals surface area contributed by atoms with Gasteiger partial charge in [0.25, 0.3) is 0 Å². The third kappa shape index (κ3) is 2.48. The van der Waals surface area contributed by atoms with E-state index in [0.29, 0.717) is 5.92 Å². The second-order valence-electron chi connectivity index (χ2n) is 4.81. The minimum Gasteiger partial charge on any atom is -0.497 e. The maximum Gasteiger partial charge on any atom is 0.236 e. The molecule has 0 unspecified atom stereocenters. The molecule has 1 saturated heterocycles. The van der Waals surface area contributed by atoms with E-state index in [2.05, 4.69) is 19.1 Å². The molecule has 18 heavy (non-hydrogen) atoms. The molecule has 2 atom stereocenters. The zero-order valence-electron chi connectivity index (χ0n) is 10.9. The Morgan fingerprint density at radius 3 is 2.67 bits per heavy atom. The van der Waals surface area contributed by atoms with Crippen LogP contribution in [0.2, 0.25) is 0 Å². The summed E-state index contributed by atoms with van der Waals surface area (Å²) in [6.07, 6.45) is 0.998. The van der Waals surface area contributed by atoms with Gasteiger partial charge < -0.3 is 15.4 Å². The van der Waals surface area contributed by atoms with Crippen molar-refractivity contribution in [1.29, 1.82) is 0 Å². The number of hydrogen-bond acceptors (Lipinski definition) is 3. The van der Waals surface area contributed by atoms with E-state index in [1.807, 2.05) is 17.0 Å². The van der Waals surface area contributed by atoms with E-state index in [9.17, 15) is 4.79 Å². The molecular formula is C14H20N2O2. The molecule has 0 spiro atoms. The maximum atomic E-state index is 11.7. The van der Waals surface area contributed by atoms with Crippen LogP contribution in [-0.4, -0.2) is 37.0 Å². The first kappa shape index (κ1) is 12.9. The maximum absolute atomic E-state index is 11.7. The average molecular weight is 248 g/mol. The molecule has 0 radical (unpaired) electrons. The molecule has 4 heteroatoms. The van der Waals surface area contributed by atoms with E-state index in [1.54, 1.807) is 7.11 Å². The van der Waals surface area contributed by atoms with E-state index in [4.69, 9.17) is 10.5 Å². The molecule has 1 aromatic carbocycles. The van der Waals surface area contributed by atoms with Gasteiger partial charge in [0.05, 0.1) is 13.7 Å². The van der Waals surface area contributed by atoms with Crippen LogP contribution in [-0.2, 0) is 4.79 Å². The highest BCUT2D eigenvalue weighted by molar-refractivity contribution is 5.78. The van der Waals surface area contributed by atoms with Gasteiger partial charge >= 0.3 is 0 Å². The fraction of sp³-hybridized carbons (Fsp3) is 0.500. The van der Waals surface area contributed by atoms with Crippen LogP contribution in [0.15, 0.2) is 24.3 Å². The number of carbonyl (C=O) groups excluding carboxylic acids is 1. The summed E-state index contributed by atoms with van der Waals surface area (Å²) in [6, 6.07) is 8.35. The summed E-state index contributed by atoms with van der Waals surface area (Å²) in [5, 5.41) is 0. The molecule has 98 valence electrons. The lowest BCUT2D eigenvalue weighted by atomic mass is 9.97. The van der Waals surface area contributed by atoms with E-state index >= 15 is 0 Å². The SMILES string of the molecule is COc1ccc([C@@H]2C[C@H](C)N(C(=O)CN)C2)cc1. The van der Waals surface area contributed by atoms with E-state index in [1.165, 1.54) is 5.56 Å². The van der Waals surface area contributed by atoms with Gasteiger partial charge in [-0.3, -0.25) is 4.79 Å². The molecule has 1 aliphatic heterocycles. The van der Waals surface area contributed by atoms with Crippen molar-refractivity contribution in [3.8, 4) is 5.75 Å². The molecule has 0 aliphatic carbocycles. The van der Waals surface area contributed by atoms with Crippen molar-refractivity contribution >= 4 is 5.91 Å². The monoisotopic (exact) mass is 248 g/mol.